The van der Waals surface area contributed by atoms with Gasteiger partial charge in [0, 0.05) is 47.5 Å². The van der Waals surface area contributed by atoms with Crippen LogP contribution in [-0.2, 0) is 4.74 Å². The molecule has 2 fully saturated rings. The number of methoxy groups -OCH3 is 6. The van der Waals surface area contributed by atoms with E-state index in [4.69, 9.17) is 33.2 Å². The van der Waals surface area contributed by atoms with E-state index in [0.29, 0.717) is 140 Å². The number of carbonyl (C=O) groups excluding carboxylic acids is 1. The van der Waals surface area contributed by atoms with Crippen LogP contribution < -0.4 is 58.4 Å². The highest BCUT2D eigenvalue weighted by molar-refractivity contribution is 5.97. The number of amides is 1. The molecular formula is C73H103N8O15+. The van der Waals surface area contributed by atoms with Gasteiger partial charge in [-0.15, -0.1) is 0 Å². The van der Waals surface area contributed by atoms with Gasteiger partial charge in [0.2, 0.25) is 0 Å². The van der Waals surface area contributed by atoms with Gasteiger partial charge >= 0.3 is 0 Å². The predicted octanol–water partition coefficient (Wildman–Crippen LogP) is 6.71. The second-order valence-corrected chi connectivity index (χ2v) is 24.0. The van der Waals surface area contributed by atoms with E-state index in [1.54, 1.807) is 100 Å². The van der Waals surface area contributed by atoms with E-state index >= 15 is 0 Å². The molecule has 23 heteroatoms. The summed E-state index contributed by atoms with van der Waals surface area (Å²) in [7, 11) is 12.9. The number of nitrogens with one attached hydrogen (secondary N) is 1. The number of aliphatic hydroxyl groups excluding tert-OH is 4. The molecule has 0 saturated carbocycles. The number of quaternary nitrogens is 4. The summed E-state index contributed by atoms with van der Waals surface area (Å²) in [5, 5.41) is 91.7. The van der Waals surface area contributed by atoms with Crippen molar-refractivity contribution in [3.05, 3.63) is 168 Å². The van der Waals surface area contributed by atoms with Crippen LogP contribution in [-0.4, -0.2) is 200 Å². The Bertz CT molecular complexity index is 3370. The lowest BCUT2D eigenvalue weighted by Gasteiger charge is -2.41. The molecule has 0 radical (unpaired) electrons. The maximum atomic E-state index is 12.9. The van der Waals surface area contributed by atoms with E-state index in [9.17, 15) is 40.5 Å². The summed E-state index contributed by atoms with van der Waals surface area (Å²) >= 11 is 0. The monoisotopic (exact) mass is 1330 g/mol. The minimum Gasteiger partial charge on any atom is -0.855 e. The number of aliphatic hydroxyl groups is 4. The molecule has 6 unspecified atom stereocenters. The summed E-state index contributed by atoms with van der Waals surface area (Å²) in [4.78, 5) is 12.8. The fraction of sp³-hybridized carbons (Fsp3) is 0.452. The first-order valence-corrected chi connectivity index (χ1v) is 32.8. The summed E-state index contributed by atoms with van der Waals surface area (Å²) in [6.07, 6.45) is 3.77. The molecule has 96 heavy (non-hydrogen) atoms. The third kappa shape index (κ3) is 23.2. The van der Waals surface area contributed by atoms with Crippen LogP contribution in [0.15, 0.2) is 161 Å². The molecule has 0 spiro atoms. The van der Waals surface area contributed by atoms with Gasteiger partial charge in [0.25, 0.3) is 5.91 Å². The van der Waals surface area contributed by atoms with Crippen LogP contribution in [0.2, 0.25) is 0 Å². The van der Waals surface area contributed by atoms with Gasteiger partial charge in [0.15, 0.2) is 11.4 Å². The fourth-order valence-electron chi connectivity index (χ4n) is 11.1. The van der Waals surface area contributed by atoms with E-state index in [0.717, 1.165) is 37.3 Å². The first-order chi connectivity index (χ1) is 46.0. The number of likely N-dealkylation sites (tertiary alicyclic amines) is 1. The first-order valence-electron chi connectivity index (χ1n) is 32.8. The van der Waals surface area contributed by atoms with Crippen molar-refractivity contribution < 1.29 is 82.9 Å². The number of hydrogen-bond donors (Lipinski definition) is 5. The van der Waals surface area contributed by atoms with Crippen molar-refractivity contribution in [2.45, 2.75) is 97.1 Å². The summed E-state index contributed by atoms with van der Waals surface area (Å²) < 4.78 is 37.3. The lowest BCUT2D eigenvalue weighted by Crippen LogP contribution is -2.64. The molecule has 524 valence electrons. The molecule has 1 amide bonds. The third-order valence-electron chi connectivity index (χ3n) is 17.0. The molecule has 2 aliphatic rings. The first kappa shape index (κ1) is 78.3. The summed E-state index contributed by atoms with van der Waals surface area (Å²) in [6.45, 7) is 13.3. The van der Waals surface area contributed by atoms with Crippen LogP contribution in [0.1, 0.15) is 99.7 Å². The Kier molecular flexibility index (Phi) is 31.8. The molecule has 8 rings (SSSR count). The zero-order valence-electron chi connectivity index (χ0n) is 58.1. The van der Waals surface area contributed by atoms with Gasteiger partial charge in [-0.1, -0.05) is 110 Å². The van der Waals surface area contributed by atoms with E-state index < -0.39 is 30.3 Å². The van der Waals surface area contributed by atoms with Crippen molar-refractivity contribution in [3.8, 4) is 34.5 Å². The van der Waals surface area contributed by atoms with Crippen molar-refractivity contribution >= 4 is 35.0 Å². The quantitative estimate of drug-likeness (QED) is 0.0148. The topological polar surface area (TPSA) is 281 Å². The Labute approximate surface area is 567 Å². The van der Waals surface area contributed by atoms with Gasteiger partial charge in [-0.25, -0.2) is 4.59 Å². The molecule has 6 aromatic carbocycles. The van der Waals surface area contributed by atoms with Gasteiger partial charge in [0.1, 0.15) is 111 Å². The lowest BCUT2D eigenvalue weighted by molar-refractivity contribution is -0.967. The Morgan fingerprint density at radius 2 is 0.917 bits per heavy atom. The SMILES string of the molecule is CCC(O)C[N+](C)(N=C([O-])c1ccc(OC)cc1)c1ccccc1.CCC(O)C[N+](C)(N=C([O-])c1ccc(OC)cc1OC)c1ccccc1.CCC(O)C[N+]1(N=C([O-])c2ccccc2OC)CCOCC1.CCC(O)C[N+]1(NC(=O)c2ccc(OC)cc2OC)CCCCC1. The zero-order chi connectivity index (χ0) is 70.3. The maximum absolute atomic E-state index is 12.9. The average Bonchev–Trinajstić information content (AvgIpc) is 0.853. The number of benzene rings is 6. The van der Waals surface area contributed by atoms with Crippen molar-refractivity contribution in [1.82, 2.24) is 14.6 Å². The van der Waals surface area contributed by atoms with E-state index in [-0.39, 0.29) is 31.5 Å². The number of morpholine rings is 1. The zero-order valence-corrected chi connectivity index (χ0v) is 58.1. The minimum absolute atomic E-state index is 0.000704. The number of rotatable bonds is 28. The normalized spacial score (nSPS) is 17.0. The van der Waals surface area contributed by atoms with Crippen LogP contribution in [0.5, 0.6) is 34.5 Å². The Balaban J connectivity index is 0.000000232. The number of hydrogen-bond acceptors (Lipinski definition) is 18. The Morgan fingerprint density at radius 1 is 0.490 bits per heavy atom. The number of para-hydroxylation sites is 3. The molecule has 5 N–H and O–H groups in total. The smallest absolute Gasteiger partial charge is 0.299 e. The number of piperidine rings is 1. The van der Waals surface area contributed by atoms with Crippen molar-refractivity contribution in [2.24, 2.45) is 15.3 Å². The second kappa shape index (κ2) is 39.0. The highest BCUT2D eigenvalue weighted by atomic mass is 16.5. The molecule has 0 aromatic heterocycles. The van der Waals surface area contributed by atoms with Crippen molar-refractivity contribution in [1.29, 1.82) is 0 Å². The predicted molar refractivity (Wildman–Crippen MR) is 370 cm³/mol. The number of carbonyl (C=O) groups is 1. The van der Waals surface area contributed by atoms with Crippen molar-refractivity contribution in [3.63, 3.8) is 0 Å². The van der Waals surface area contributed by atoms with Gasteiger partial charge in [0.05, 0.1) is 93.2 Å². The molecular weight excluding hydrogens is 1230 g/mol. The van der Waals surface area contributed by atoms with Crippen molar-refractivity contribution in [2.75, 3.05) is 122 Å². The largest absolute Gasteiger partial charge is 0.855 e. The maximum Gasteiger partial charge on any atom is 0.299 e. The molecule has 6 aromatic rings. The summed E-state index contributed by atoms with van der Waals surface area (Å²) in [5.74, 6) is 2.08. The number of ether oxygens (including phenoxy) is 7. The standard InChI is InChI=1S/C20H26N2O4.C19H24N2O3.C18H28N2O4.C16H24N2O4/c1-5-16(23)14-22(2,15-9-7-6-8-10-15)21-20(24)18-12-11-17(25-3)13-19(18)26-4;1-4-17(22)14-21(2,16-8-6-5-7-9-16)20-19(23)15-10-12-18(24-3)13-11-15;1-4-14(21)13-20(10-6-5-7-11-20)19-18(22)16-9-8-15(23-2)12-17(16)24-3;1-3-13(19)12-18(8-10-22-11-9-18)17-16(20)14-6-4-5-7-15(14)21-2/h6-13,16,23H,5,14H2,1-4H3;5-13,17,22H,4,14H2,1-3H3;8-9,12,14,21H,4-7,10-11,13H2,1-3H3;4-7,13,19H,3,8-12H2,1-2H3/p+1. The van der Waals surface area contributed by atoms with Gasteiger partial charge < -0.3 is 68.9 Å². The van der Waals surface area contributed by atoms with Gasteiger partial charge in [-0.05, 0) is 93.0 Å². The minimum atomic E-state index is -0.575. The molecule has 2 heterocycles. The average molecular weight is 1330 g/mol. The van der Waals surface area contributed by atoms with Gasteiger partial charge in [-0.2, -0.15) is 19.2 Å². The highest BCUT2D eigenvalue weighted by Crippen LogP contribution is 2.30. The molecule has 0 aliphatic carbocycles. The molecule has 2 saturated heterocycles. The highest BCUT2D eigenvalue weighted by Gasteiger charge is 2.37. The molecule has 6 atom stereocenters. The van der Waals surface area contributed by atoms with E-state index in [1.165, 1.54) is 27.8 Å². The second-order valence-electron chi connectivity index (χ2n) is 24.0. The number of likely N-dealkylation sites (N-methyl/N-ethyl adjacent to an activating group) is 2. The molecule has 23 nitrogen and oxygen atoms in total. The summed E-state index contributed by atoms with van der Waals surface area (Å²) in [5.41, 5.74) is 6.58. The third-order valence-corrected chi connectivity index (χ3v) is 17.0. The van der Waals surface area contributed by atoms with E-state index in [1.807, 2.05) is 109 Å². The molecule has 0 bridgehead atoms. The van der Waals surface area contributed by atoms with Crippen LogP contribution >= 0.6 is 0 Å². The molecule has 2 aliphatic heterocycles. The summed E-state index contributed by atoms with van der Waals surface area (Å²) in [6, 6.07) is 43.0. The van der Waals surface area contributed by atoms with E-state index in [2.05, 4.69) is 20.7 Å². The fourth-order valence-corrected chi connectivity index (χ4v) is 11.1. The number of nitrogens with zero attached hydrogens (tertiary/aromatic N) is 7. The van der Waals surface area contributed by atoms with Crippen LogP contribution in [0.4, 0.5) is 11.4 Å². The van der Waals surface area contributed by atoms with Crippen LogP contribution in [0.25, 0.3) is 0 Å². The Hall–Kier alpha value is -8.36. The van der Waals surface area contributed by atoms with Crippen LogP contribution in [0.3, 0.4) is 0 Å². The Morgan fingerprint density at radius 3 is 1.40 bits per heavy atom. The van der Waals surface area contributed by atoms with Crippen LogP contribution in [0, 0.1) is 0 Å². The lowest BCUT2D eigenvalue weighted by atomic mass is 10.1. The van der Waals surface area contributed by atoms with Gasteiger partial charge in [-0.3, -0.25) is 4.79 Å².